The molecule has 4 aliphatic rings. The van der Waals surface area contributed by atoms with Gasteiger partial charge in [0, 0.05) is 23.8 Å². The van der Waals surface area contributed by atoms with Crippen molar-refractivity contribution in [1.29, 1.82) is 0 Å². The minimum atomic E-state index is -0.626. The summed E-state index contributed by atoms with van der Waals surface area (Å²) < 4.78 is 0. The third-order valence-electron chi connectivity index (χ3n) is 9.75. The Kier molecular flexibility index (Phi) is 5.07. The maximum atomic E-state index is 13.4. The normalized spacial score (nSPS) is 38.8. The summed E-state index contributed by atoms with van der Waals surface area (Å²) in [5.74, 6) is 1.19. The fraction of sp³-hybridized carbons (Fsp3) is 0.643. The molecule has 4 nitrogen and oxygen atoms in total. The summed E-state index contributed by atoms with van der Waals surface area (Å²) in [4.78, 5) is 28.5. The summed E-state index contributed by atoms with van der Waals surface area (Å²) in [6, 6.07) is 7.81. The maximum absolute atomic E-state index is 13.4. The Bertz CT molecular complexity index is 980. The van der Waals surface area contributed by atoms with Crippen molar-refractivity contribution in [2.75, 3.05) is 12.4 Å². The molecule has 0 radical (unpaired) electrons. The van der Waals surface area contributed by atoms with E-state index in [0.29, 0.717) is 23.7 Å². The van der Waals surface area contributed by atoms with Gasteiger partial charge < -0.3 is 10.2 Å². The highest BCUT2D eigenvalue weighted by molar-refractivity contribution is 6.07. The molecule has 6 atom stereocenters. The number of carbonyl (C=O) groups excluding carboxylic acids is 2. The zero-order valence-corrected chi connectivity index (χ0v) is 20.3. The number of likely N-dealkylation sites (tertiary alicyclic amines) is 1. The highest BCUT2D eigenvalue weighted by Crippen LogP contribution is 2.65. The van der Waals surface area contributed by atoms with Crippen molar-refractivity contribution >= 4 is 17.5 Å². The molecular formula is C28H38N2O2. The third-order valence-corrected chi connectivity index (χ3v) is 9.75. The predicted molar refractivity (Wildman–Crippen MR) is 128 cm³/mol. The van der Waals surface area contributed by atoms with Crippen molar-refractivity contribution in [2.24, 2.45) is 34.5 Å². The van der Waals surface area contributed by atoms with Gasteiger partial charge in [0.2, 0.25) is 11.8 Å². The lowest BCUT2D eigenvalue weighted by atomic mass is 9.48. The summed E-state index contributed by atoms with van der Waals surface area (Å²) in [5.41, 5.74) is 4.88. The number of nitrogens with zero attached hydrogens (tertiary/aromatic N) is 1. The minimum Gasteiger partial charge on any atom is -0.325 e. The number of nitrogens with one attached hydrogen (secondary N) is 1. The van der Waals surface area contributed by atoms with Crippen LogP contribution in [0.3, 0.4) is 0 Å². The summed E-state index contributed by atoms with van der Waals surface area (Å²) in [7, 11) is 1.90. The van der Waals surface area contributed by atoms with E-state index in [2.05, 4.69) is 26.1 Å². The molecule has 2 saturated carbocycles. The van der Waals surface area contributed by atoms with Crippen LogP contribution in [0.4, 0.5) is 5.69 Å². The lowest BCUT2D eigenvalue weighted by Gasteiger charge is -2.59. The molecule has 1 saturated heterocycles. The van der Waals surface area contributed by atoms with Crippen molar-refractivity contribution in [3.05, 3.63) is 41.1 Å². The number of hydrogen-bond acceptors (Lipinski definition) is 2. The SMILES string of the molecule is CC1=C2N(C)C(=O)C(C(=O)Nc3ccc(C)cc3)C[C@]2(C)[C@@H]2CC[C@]3(C)CCC[C@H]3[C@@H]2C1. The lowest BCUT2D eigenvalue weighted by molar-refractivity contribution is -0.147. The minimum absolute atomic E-state index is 0.0543. The van der Waals surface area contributed by atoms with Gasteiger partial charge in [-0.15, -0.1) is 0 Å². The molecule has 1 heterocycles. The van der Waals surface area contributed by atoms with Crippen LogP contribution in [0.15, 0.2) is 35.5 Å². The Hall–Kier alpha value is -2.10. The standard InChI is InChI=1S/C28H38N2O2/c1-17-8-10-19(11-9-17)29-25(31)21-16-28(4)23-12-14-27(3)13-6-7-22(27)20(23)15-18(2)24(28)30(5)26(21)32/h8-11,20-23H,6-7,12-16H2,1-5H3,(H,29,31)/t20-,21?,22-,23+,27-,28+/m0/s1. The molecule has 0 spiro atoms. The monoisotopic (exact) mass is 434 g/mol. The van der Waals surface area contributed by atoms with E-state index in [1.165, 1.54) is 43.4 Å². The molecule has 3 fully saturated rings. The van der Waals surface area contributed by atoms with Crippen LogP contribution in [0.1, 0.15) is 71.3 Å². The molecule has 5 rings (SSSR count). The van der Waals surface area contributed by atoms with Crippen molar-refractivity contribution in [3.63, 3.8) is 0 Å². The first-order valence-corrected chi connectivity index (χ1v) is 12.5. The Morgan fingerprint density at radius 2 is 1.78 bits per heavy atom. The van der Waals surface area contributed by atoms with Gasteiger partial charge in [0.25, 0.3) is 0 Å². The van der Waals surface area contributed by atoms with Crippen LogP contribution in [0.5, 0.6) is 0 Å². The van der Waals surface area contributed by atoms with E-state index in [1.54, 1.807) is 0 Å². The molecule has 1 unspecified atom stereocenters. The van der Waals surface area contributed by atoms with Gasteiger partial charge in [0.05, 0.1) is 0 Å². The molecule has 0 aromatic heterocycles. The number of aryl methyl sites for hydroxylation is 1. The molecule has 2 amide bonds. The summed E-state index contributed by atoms with van der Waals surface area (Å²) in [6.45, 7) is 9.14. The topological polar surface area (TPSA) is 49.4 Å². The molecule has 1 aliphatic heterocycles. The van der Waals surface area contributed by atoms with Crippen LogP contribution in [0.2, 0.25) is 0 Å². The first-order valence-electron chi connectivity index (χ1n) is 12.5. The van der Waals surface area contributed by atoms with Gasteiger partial charge in [-0.2, -0.15) is 0 Å². The fourth-order valence-electron chi connectivity index (χ4n) is 8.31. The van der Waals surface area contributed by atoms with E-state index in [0.717, 1.165) is 23.6 Å². The van der Waals surface area contributed by atoms with Gasteiger partial charge in [0.1, 0.15) is 5.92 Å². The number of rotatable bonds is 2. The van der Waals surface area contributed by atoms with Gasteiger partial charge in [-0.1, -0.05) is 43.5 Å². The van der Waals surface area contributed by atoms with E-state index in [4.69, 9.17) is 0 Å². The van der Waals surface area contributed by atoms with Crippen LogP contribution in [0.25, 0.3) is 0 Å². The van der Waals surface area contributed by atoms with Crippen LogP contribution >= 0.6 is 0 Å². The van der Waals surface area contributed by atoms with Gasteiger partial charge in [0.15, 0.2) is 0 Å². The van der Waals surface area contributed by atoms with Gasteiger partial charge in [-0.05, 0) is 87.7 Å². The highest BCUT2D eigenvalue weighted by Gasteiger charge is 2.60. The number of piperidine rings is 1. The van der Waals surface area contributed by atoms with E-state index in [1.807, 2.05) is 43.1 Å². The number of fused-ring (bicyclic) bond motifs is 5. The van der Waals surface area contributed by atoms with Crippen LogP contribution in [-0.4, -0.2) is 23.8 Å². The average Bonchev–Trinajstić information content (AvgIpc) is 3.14. The highest BCUT2D eigenvalue weighted by atomic mass is 16.2. The Morgan fingerprint density at radius 3 is 2.50 bits per heavy atom. The molecule has 4 heteroatoms. The quantitative estimate of drug-likeness (QED) is 0.587. The molecule has 32 heavy (non-hydrogen) atoms. The third kappa shape index (κ3) is 3.16. The van der Waals surface area contributed by atoms with Crippen molar-refractivity contribution < 1.29 is 9.59 Å². The molecular weight excluding hydrogens is 396 g/mol. The molecule has 1 aromatic carbocycles. The largest absolute Gasteiger partial charge is 0.325 e. The number of hydrogen-bond donors (Lipinski definition) is 1. The van der Waals surface area contributed by atoms with E-state index >= 15 is 0 Å². The van der Waals surface area contributed by atoms with E-state index in [-0.39, 0.29) is 17.2 Å². The molecule has 172 valence electrons. The van der Waals surface area contributed by atoms with Crippen molar-refractivity contribution in [2.45, 2.75) is 72.6 Å². The average molecular weight is 435 g/mol. The lowest BCUT2D eigenvalue weighted by Crippen LogP contribution is -2.57. The van der Waals surface area contributed by atoms with Crippen molar-refractivity contribution in [3.8, 4) is 0 Å². The summed E-state index contributed by atoms with van der Waals surface area (Å²) in [5, 5.41) is 3.03. The van der Waals surface area contributed by atoms with E-state index < -0.39 is 5.92 Å². The maximum Gasteiger partial charge on any atom is 0.239 e. The number of carbonyl (C=O) groups is 2. The Morgan fingerprint density at radius 1 is 1.06 bits per heavy atom. The van der Waals surface area contributed by atoms with Crippen LogP contribution < -0.4 is 5.32 Å². The number of anilines is 1. The number of benzene rings is 1. The summed E-state index contributed by atoms with van der Waals surface area (Å²) in [6.07, 6.45) is 8.34. The second kappa shape index (κ2) is 7.46. The second-order valence-electron chi connectivity index (χ2n) is 11.7. The van der Waals surface area contributed by atoms with Crippen LogP contribution in [-0.2, 0) is 9.59 Å². The smallest absolute Gasteiger partial charge is 0.239 e. The zero-order valence-electron chi connectivity index (χ0n) is 20.3. The Balaban J connectivity index is 1.47. The molecule has 3 aliphatic carbocycles. The van der Waals surface area contributed by atoms with Gasteiger partial charge >= 0.3 is 0 Å². The number of amides is 2. The van der Waals surface area contributed by atoms with Gasteiger partial charge in [-0.25, -0.2) is 0 Å². The molecule has 1 aromatic rings. The molecule has 1 N–H and O–H groups in total. The predicted octanol–water partition coefficient (Wildman–Crippen LogP) is 5.93. The van der Waals surface area contributed by atoms with Gasteiger partial charge in [-0.3, -0.25) is 9.59 Å². The number of allylic oxidation sites excluding steroid dienone is 2. The second-order valence-corrected chi connectivity index (χ2v) is 11.7. The van der Waals surface area contributed by atoms with Crippen molar-refractivity contribution in [1.82, 2.24) is 4.90 Å². The van der Waals surface area contributed by atoms with Crippen LogP contribution in [0, 0.1) is 41.4 Å². The molecule has 0 bridgehead atoms. The Labute approximate surface area is 192 Å². The zero-order chi connectivity index (χ0) is 22.8. The fourth-order valence-corrected chi connectivity index (χ4v) is 8.31. The summed E-state index contributed by atoms with van der Waals surface area (Å²) >= 11 is 0. The first kappa shape index (κ1) is 21.7. The van der Waals surface area contributed by atoms with E-state index in [9.17, 15) is 9.59 Å². The first-order chi connectivity index (χ1) is 15.1.